The average Bonchev–Trinajstić information content (AvgIpc) is 2.17. The number of hydrogen-bond acceptors (Lipinski definition) is 6. The molecule has 1 fully saturated rings. The highest BCUT2D eigenvalue weighted by atomic mass is 32.2. The molecule has 0 unspecified atom stereocenters. The van der Waals surface area contributed by atoms with Crippen molar-refractivity contribution in [2.24, 2.45) is 0 Å². The van der Waals surface area contributed by atoms with Gasteiger partial charge in [0.05, 0.1) is 37.9 Å². The fourth-order valence-corrected chi connectivity index (χ4v) is 2.34. The molecule has 0 amide bonds. The molecule has 0 aromatic carbocycles. The molecule has 1 rings (SSSR count). The van der Waals surface area contributed by atoms with Crippen LogP contribution in [0, 0.1) is 0 Å². The molecule has 0 aromatic rings. The van der Waals surface area contributed by atoms with Gasteiger partial charge in [-0.1, -0.05) is 0 Å². The Morgan fingerprint density at radius 1 is 0.750 bits per heavy atom. The fraction of sp³-hybridized carbons (Fsp3) is 1.00. The van der Waals surface area contributed by atoms with Gasteiger partial charge in [-0.15, -0.1) is 0 Å². The van der Waals surface area contributed by atoms with E-state index in [1.807, 2.05) is 0 Å². The normalized spacial score (nSPS) is 17.4. The van der Waals surface area contributed by atoms with Gasteiger partial charge < -0.3 is 9.47 Å². The van der Waals surface area contributed by atoms with Crippen molar-refractivity contribution in [3.05, 3.63) is 0 Å². The topological polar surface area (TPSA) is 127 Å². The molecule has 0 aliphatic carbocycles. The van der Waals surface area contributed by atoms with Gasteiger partial charge in [0.2, 0.25) is 0 Å². The summed E-state index contributed by atoms with van der Waals surface area (Å²) in [5.74, 6) is -1.96. The van der Waals surface area contributed by atoms with Crippen molar-refractivity contribution in [3.63, 3.8) is 0 Å². The maximum Gasteiger partial charge on any atom is 0.265 e. The predicted octanol–water partition coefficient (Wildman–Crippen LogP) is -1.20. The van der Waals surface area contributed by atoms with Gasteiger partial charge in [-0.2, -0.15) is 16.8 Å². The third-order valence-corrected chi connectivity index (χ3v) is 3.04. The lowest BCUT2D eigenvalue weighted by atomic mass is 10.6. The van der Waals surface area contributed by atoms with Crippen LogP contribution in [0.3, 0.4) is 0 Å². The van der Waals surface area contributed by atoms with E-state index in [2.05, 4.69) is 0 Å². The average molecular weight is 278 g/mol. The zero-order valence-corrected chi connectivity index (χ0v) is 10.0. The quantitative estimate of drug-likeness (QED) is 0.616. The molecule has 8 nitrogen and oxygen atoms in total. The lowest BCUT2D eigenvalue weighted by Crippen LogP contribution is -2.16. The lowest BCUT2D eigenvalue weighted by molar-refractivity contribution is -0.0334. The SMILES string of the molecule is C1COCCO1.O=S(=O)(O)CCS(=O)(=O)O. The second kappa shape index (κ2) is 7.14. The monoisotopic (exact) mass is 278 g/mol. The van der Waals surface area contributed by atoms with Crippen molar-refractivity contribution in [1.82, 2.24) is 0 Å². The highest BCUT2D eigenvalue weighted by Crippen LogP contribution is 1.87. The Labute approximate surface area is 94.0 Å². The van der Waals surface area contributed by atoms with Gasteiger partial charge >= 0.3 is 0 Å². The second-order valence-electron chi connectivity index (χ2n) is 2.80. The summed E-state index contributed by atoms with van der Waals surface area (Å²) in [6.45, 7) is 3.11. The Hall–Kier alpha value is -0.260. The Kier molecular flexibility index (Phi) is 7.03. The number of hydrogen-bond donors (Lipinski definition) is 2. The molecule has 1 aliphatic rings. The van der Waals surface area contributed by atoms with Gasteiger partial charge in [0, 0.05) is 0 Å². The largest absolute Gasteiger partial charge is 0.377 e. The van der Waals surface area contributed by atoms with Crippen LogP contribution >= 0.6 is 0 Å². The summed E-state index contributed by atoms with van der Waals surface area (Å²) in [6, 6.07) is 0. The van der Waals surface area contributed by atoms with E-state index >= 15 is 0 Å². The van der Waals surface area contributed by atoms with Gasteiger partial charge in [0.1, 0.15) is 0 Å². The van der Waals surface area contributed by atoms with Crippen LogP contribution in [0.4, 0.5) is 0 Å². The first-order chi connectivity index (χ1) is 7.21. The van der Waals surface area contributed by atoms with E-state index in [-0.39, 0.29) is 0 Å². The minimum Gasteiger partial charge on any atom is -0.377 e. The Bertz CT molecular complexity index is 322. The Morgan fingerprint density at radius 3 is 1.12 bits per heavy atom. The molecular weight excluding hydrogens is 264 g/mol. The van der Waals surface area contributed by atoms with Gasteiger partial charge in [-0.05, 0) is 0 Å². The third-order valence-electron chi connectivity index (χ3n) is 1.34. The van der Waals surface area contributed by atoms with Crippen molar-refractivity contribution in [2.75, 3.05) is 37.9 Å². The van der Waals surface area contributed by atoms with E-state index < -0.39 is 31.7 Å². The van der Waals surface area contributed by atoms with Crippen LogP contribution in [0.25, 0.3) is 0 Å². The van der Waals surface area contributed by atoms with Crippen molar-refractivity contribution >= 4 is 20.2 Å². The molecular formula is C6H14O8S2. The van der Waals surface area contributed by atoms with Crippen molar-refractivity contribution in [1.29, 1.82) is 0 Å². The Morgan fingerprint density at radius 2 is 1.00 bits per heavy atom. The van der Waals surface area contributed by atoms with E-state index in [1.165, 1.54) is 0 Å². The molecule has 98 valence electrons. The molecule has 2 N–H and O–H groups in total. The zero-order valence-electron chi connectivity index (χ0n) is 8.40. The summed E-state index contributed by atoms with van der Waals surface area (Å²) in [6.07, 6.45) is 0. The molecule has 1 heterocycles. The highest BCUT2D eigenvalue weighted by molar-refractivity contribution is 7.89. The van der Waals surface area contributed by atoms with Crippen LogP contribution in [0.2, 0.25) is 0 Å². The lowest BCUT2D eigenvalue weighted by Gasteiger charge is -2.09. The summed E-state index contributed by atoms with van der Waals surface area (Å²) in [5.41, 5.74) is 0. The minimum atomic E-state index is -4.30. The van der Waals surface area contributed by atoms with Crippen LogP contribution < -0.4 is 0 Å². The summed E-state index contributed by atoms with van der Waals surface area (Å²) in [4.78, 5) is 0. The zero-order chi connectivity index (χ0) is 12.7. The molecule has 0 aromatic heterocycles. The first kappa shape index (κ1) is 15.7. The van der Waals surface area contributed by atoms with Crippen LogP contribution in [0.5, 0.6) is 0 Å². The van der Waals surface area contributed by atoms with E-state index in [0.717, 1.165) is 26.4 Å². The molecule has 10 heteroatoms. The molecule has 0 spiro atoms. The van der Waals surface area contributed by atoms with Crippen LogP contribution in [-0.2, 0) is 29.7 Å². The number of ether oxygens (including phenoxy) is 2. The summed E-state index contributed by atoms with van der Waals surface area (Å²) in [5, 5.41) is 0. The van der Waals surface area contributed by atoms with Gasteiger partial charge in [-0.3, -0.25) is 9.11 Å². The predicted molar refractivity (Wildman–Crippen MR) is 54.5 cm³/mol. The van der Waals surface area contributed by atoms with E-state index in [0.29, 0.717) is 0 Å². The van der Waals surface area contributed by atoms with Crippen molar-refractivity contribution in [3.8, 4) is 0 Å². The van der Waals surface area contributed by atoms with E-state index in [1.54, 1.807) is 0 Å². The molecule has 0 radical (unpaired) electrons. The molecule has 16 heavy (non-hydrogen) atoms. The van der Waals surface area contributed by atoms with Gasteiger partial charge in [-0.25, -0.2) is 0 Å². The van der Waals surface area contributed by atoms with E-state index in [9.17, 15) is 16.8 Å². The molecule has 1 aliphatic heterocycles. The molecule has 1 saturated heterocycles. The van der Waals surface area contributed by atoms with Crippen LogP contribution in [0.1, 0.15) is 0 Å². The van der Waals surface area contributed by atoms with Gasteiger partial charge in [0.25, 0.3) is 20.2 Å². The van der Waals surface area contributed by atoms with Gasteiger partial charge in [0.15, 0.2) is 0 Å². The van der Waals surface area contributed by atoms with E-state index in [4.69, 9.17) is 18.6 Å². The van der Waals surface area contributed by atoms with Crippen LogP contribution in [-0.4, -0.2) is 63.9 Å². The summed E-state index contributed by atoms with van der Waals surface area (Å²) >= 11 is 0. The van der Waals surface area contributed by atoms with Crippen molar-refractivity contribution in [2.45, 2.75) is 0 Å². The molecule has 0 saturated carbocycles. The van der Waals surface area contributed by atoms with Crippen molar-refractivity contribution < 1.29 is 35.4 Å². The summed E-state index contributed by atoms with van der Waals surface area (Å²) in [7, 11) is -8.59. The maximum absolute atomic E-state index is 9.86. The summed E-state index contributed by atoms with van der Waals surface area (Å²) < 4.78 is 65.3. The van der Waals surface area contributed by atoms with Crippen LogP contribution in [0.15, 0.2) is 0 Å². The maximum atomic E-state index is 9.86. The smallest absolute Gasteiger partial charge is 0.265 e. The number of rotatable bonds is 3. The molecule has 0 atom stereocenters. The highest BCUT2D eigenvalue weighted by Gasteiger charge is 2.11. The second-order valence-corrected chi connectivity index (χ2v) is 5.94. The first-order valence-corrected chi connectivity index (χ1v) is 7.48. The Balaban J connectivity index is 0.000000315. The third kappa shape index (κ3) is 13.7. The fourth-order valence-electron chi connectivity index (χ4n) is 0.650. The standard InChI is InChI=1S/C4H8O2.C2H6O6S2/c1-2-6-4-3-5-1;3-9(4,5)1-2-10(6,7)8/h1-4H2;1-2H2,(H,3,4,5)(H,6,7,8). The minimum absolute atomic E-state index is 0.778. The molecule has 0 bridgehead atoms. The first-order valence-electron chi connectivity index (χ1n) is 4.26.